The minimum Gasteiger partial charge on any atom is -0.292 e. The summed E-state index contributed by atoms with van der Waals surface area (Å²) in [6.07, 6.45) is 1.62. The molecule has 0 aliphatic rings. The second-order valence-electron chi connectivity index (χ2n) is 4.37. The fraction of sp³-hybridized carbons (Fsp3) is 0.214. The molecule has 110 valence electrons. The number of H-pyrrole nitrogens is 1. The first-order valence-electron chi connectivity index (χ1n) is 6.38. The lowest BCUT2D eigenvalue weighted by Crippen LogP contribution is -2.34. The fourth-order valence-electron chi connectivity index (χ4n) is 1.72. The summed E-state index contributed by atoms with van der Waals surface area (Å²) in [7, 11) is 1.41. The van der Waals surface area contributed by atoms with Gasteiger partial charge in [0.15, 0.2) is 0 Å². The van der Waals surface area contributed by atoms with Crippen LogP contribution < -0.4 is 16.3 Å². The van der Waals surface area contributed by atoms with E-state index in [9.17, 15) is 9.59 Å². The van der Waals surface area contributed by atoms with E-state index in [-0.39, 0.29) is 5.56 Å². The number of hydrogen-bond acceptors (Lipinski definition) is 4. The molecule has 2 rings (SSSR count). The zero-order valence-electron chi connectivity index (χ0n) is 11.7. The number of anilines is 1. The highest BCUT2D eigenvalue weighted by atomic mass is 35.5. The third kappa shape index (κ3) is 3.61. The maximum absolute atomic E-state index is 11.6. The summed E-state index contributed by atoms with van der Waals surface area (Å²) in [5.74, 6) is 0.351. The molecule has 0 saturated heterocycles. The first-order valence-corrected chi connectivity index (χ1v) is 6.76. The monoisotopic (exact) mass is 306 g/mol. The van der Waals surface area contributed by atoms with E-state index in [1.807, 2.05) is 19.1 Å². The van der Waals surface area contributed by atoms with Gasteiger partial charge >= 0.3 is 5.69 Å². The van der Waals surface area contributed by atoms with Crippen LogP contribution in [0, 0.1) is 0 Å². The summed E-state index contributed by atoms with van der Waals surface area (Å²) >= 11 is 5.90. The summed E-state index contributed by atoms with van der Waals surface area (Å²) in [6.45, 7) is 2.37. The summed E-state index contributed by atoms with van der Waals surface area (Å²) in [5.41, 5.74) is -0.0359. The van der Waals surface area contributed by atoms with Gasteiger partial charge in [0.2, 0.25) is 0 Å². The lowest BCUT2D eigenvalue weighted by molar-refractivity contribution is 0.756. The maximum Gasteiger partial charge on any atom is 0.329 e. The van der Waals surface area contributed by atoms with Crippen LogP contribution in [0.15, 0.2) is 45.0 Å². The molecule has 0 aliphatic carbocycles. The van der Waals surface area contributed by atoms with Crippen LogP contribution in [0.1, 0.15) is 12.5 Å². The smallest absolute Gasteiger partial charge is 0.292 e. The molecule has 1 N–H and O–H groups in total. The van der Waals surface area contributed by atoms with E-state index in [2.05, 4.69) is 10.1 Å². The van der Waals surface area contributed by atoms with Crippen molar-refractivity contribution in [3.05, 3.63) is 61.8 Å². The van der Waals surface area contributed by atoms with Gasteiger partial charge in [0.25, 0.3) is 5.56 Å². The highest BCUT2D eigenvalue weighted by molar-refractivity contribution is 6.30. The molecule has 1 heterocycles. The highest BCUT2D eigenvalue weighted by Crippen LogP contribution is 2.10. The summed E-state index contributed by atoms with van der Waals surface area (Å²) in [5, 5.41) is 6.41. The van der Waals surface area contributed by atoms with Crippen molar-refractivity contribution < 1.29 is 0 Å². The average molecular weight is 307 g/mol. The molecule has 0 amide bonds. The second kappa shape index (κ2) is 6.41. The minimum absolute atomic E-state index is 0.351. The number of nitrogens with one attached hydrogen (secondary N) is 1. The lowest BCUT2D eigenvalue weighted by Gasteiger charge is -2.16. The van der Waals surface area contributed by atoms with Crippen molar-refractivity contribution in [2.24, 2.45) is 12.1 Å². The van der Waals surface area contributed by atoms with E-state index in [4.69, 9.17) is 11.6 Å². The minimum atomic E-state index is -0.478. The number of aromatic nitrogens is 2. The third-order valence-corrected chi connectivity index (χ3v) is 3.14. The van der Waals surface area contributed by atoms with Crippen LogP contribution in [0.5, 0.6) is 0 Å². The lowest BCUT2D eigenvalue weighted by atomic mass is 10.2. The fourth-order valence-corrected chi connectivity index (χ4v) is 1.92. The Morgan fingerprint density at radius 2 is 2.14 bits per heavy atom. The molecular weight excluding hydrogens is 292 g/mol. The molecule has 7 heteroatoms. The molecule has 0 radical (unpaired) electrons. The number of benzene rings is 1. The Bertz CT molecular complexity index is 748. The Hall–Kier alpha value is -2.34. The summed E-state index contributed by atoms with van der Waals surface area (Å²) < 4.78 is 0.998. The van der Waals surface area contributed by atoms with Crippen molar-refractivity contribution in [1.82, 2.24) is 9.55 Å². The molecular formula is C14H15ClN4O2. The van der Waals surface area contributed by atoms with Crippen molar-refractivity contribution in [2.75, 3.05) is 11.6 Å². The van der Waals surface area contributed by atoms with Crippen molar-refractivity contribution >= 4 is 23.6 Å². The van der Waals surface area contributed by atoms with Gasteiger partial charge in [-0.1, -0.05) is 23.7 Å². The van der Waals surface area contributed by atoms with Gasteiger partial charge in [-0.3, -0.25) is 14.3 Å². The number of aromatic amines is 1. The maximum atomic E-state index is 11.6. The first-order chi connectivity index (χ1) is 10.0. The Morgan fingerprint density at radius 1 is 1.38 bits per heavy atom. The highest BCUT2D eigenvalue weighted by Gasteiger charge is 2.06. The van der Waals surface area contributed by atoms with E-state index >= 15 is 0 Å². The molecule has 0 bridgehead atoms. The molecule has 0 fully saturated rings. The predicted molar refractivity (Wildman–Crippen MR) is 84.4 cm³/mol. The van der Waals surface area contributed by atoms with E-state index in [0.717, 1.165) is 10.1 Å². The Kier molecular flexibility index (Phi) is 4.59. The van der Waals surface area contributed by atoms with Gasteiger partial charge in [0, 0.05) is 24.7 Å². The van der Waals surface area contributed by atoms with Gasteiger partial charge in [-0.25, -0.2) is 9.80 Å². The molecule has 21 heavy (non-hydrogen) atoms. The Balaban J connectivity index is 2.32. The molecule has 0 aliphatic heterocycles. The normalized spacial score (nSPS) is 11.0. The zero-order chi connectivity index (χ0) is 15.4. The number of halogens is 1. The van der Waals surface area contributed by atoms with Crippen LogP contribution in [0.25, 0.3) is 0 Å². The van der Waals surface area contributed by atoms with Crippen molar-refractivity contribution in [1.29, 1.82) is 0 Å². The predicted octanol–water partition coefficient (Wildman–Crippen LogP) is 1.59. The molecule has 6 nitrogen and oxygen atoms in total. The molecule has 2 aromatic rings. The van der Waals surface area contributed by atoms with E-state index in [0.29, 0.717) is 17.4 Å². The largest absolute Gasteiger partial charge is 0.329 e. The van der Waals surface area contributed by atoms with E-state index < -0.39 is 5.69 Å². The SMILES string of the molecule is CCN(/N=C\c1cccc(Cl)c1)c1cc(=O)n(C)c(=O)[nH]1. The topological polar surface area (TPSA) is 70.5 Å². The van der Waals surface area contributed by atoms with Gasteiger partial charge in [-0.2, -0.15) is 5.10 Å². The van der Waals surface area contributed by atoms with Crippen molar-refractivity contribution in [3.63, 3.8) is 0 Å². The first kappa shape index (κ1) is 15.1. The standard InChI is InChI=1S/C14H15ClN4O2/c1-3-19(12-8-13(20)18(2)14(21)17-12)16-9-10-5-4-6-11(15)7-10/h4-9H,3H2,1-2H3,(H,17,21)/b16-9-. The van der Waals surface area contributed by atoms with Crippen LogP contribution in [0.2, 0.25) is 5.02 Å². The van der Waals surface area contributed by atoms with E-state index in [1.165, 1.54) is 18.1 Å². The zero-order valence-corrected chi connectivity index (χ0v) is 12.5. The third-order valence-electron chi connectivity index (χ3n) is 2.90. The number of hydrazone groups is 1. The van der Waals surface area contributed by atoms with Crippen LogP contribution in [0.3, 0.4) is 0 Å². The number of rotatable bonds is 4. The quantitative estimate of drug-likeness (QED) is 0.689. The van der Waals surface area contributed by atoms with E-state index in [1.54, 1.807) is 18.3 Å². The summed E-state index contributed by atoms with van der Waals surface area (Å²) in [6, 6.07) is 8.55. The number of nitrogens with zero attached hydrogens (tertiary/aromatic N) is 3. The number of hydrogen-bond donors (Lipinski definition) is 1. The van der Waals surface area contributed by atoms with Crippen molar-refractivity contribution in [2.45, 2.75) is 6.92 Å². The molecule has 1 aromatic heterocycles. The van der Waals surface area contributed by atoms with Crippen molar-refractivity contribution in [3.8, 4) is 0 Å². The molecule has 0 spiro atoms. The second-order valence-corrected chi connectivity index (χ2v) is 4.81. The Labute approximate surface area is 126 Å². The van der Waals surface area contributed by atoms with Gasteiger partial charge in [0.05, 0.1) is 6.21 Å². The Morgan fingerprint density at radius 3 is 2.76 bits per heavy atom. The van der Waals surface area contributed by atoms with Gasteiger partial charge in [0.1, 0.15) is 5.82 Å². The molecule has 0 saturated carbocycles. The van der Waals surface area contributed by atoms with Gasteiger partial charge < -0.3 is 0 Å². The average Bonchev–Trinajstić information content (AvgIpc) is 2.45. The molecule has 0 atom stereocenters. The van der Waals surface area contributed by atoms with Gasteiger partial charge in [-0.15, -0.1) is 0 Å². The van der Waals surface area contributed by atoms with Crippen LogP contribution in [-0.2, 0) is 7.05 Å². The molecule has 0 unspecified atom stereocenters. The van der Waals surface area contributed by atoms with Crippen LogP contribution in [-0.4, -0.2) is 22.3 Å². The van der Waals surface area contributed by atoms with Gasteiger partial charge in [-0.05, 0) is 24.6 Å². The van der Waals surface area contributed by atoms with Crippen LogP contribution in [0.4, 0.5) is 5.82 Å². The molecule has 1 aromatic carbocycles. The summed E-state index contributed by atoms with van der Waals surface area (Å²) in [4.78, 5) is 25.9. The van der Waals surface area contributed by atoms with Crippen LogP contribution >= 0.6 is 11.6 Å².